The van der Waals surface area contributed by atoms with E-state index in [1.54, 1.807) is 12.1 Å². The van der Waals surface area contributed by atoms with E-state index in [0.29, 0.717) is 12.0 Å². The van der Waals surface area contributed by atoms with Crippen LogP contribution >= 0.6 is 0 Å². The van der Waals surface area contributed by atoms with E-state index in [2.05, 4.69) is 77.3 Å². The van der Waals surface area contributed by atoms with Gasteiger partial charge in [-0.1, -0.05) is 61.6 Å². The number of phenolic OH excluding ortho intramolecular Hbond substituents is 2. The normalized spacial score (nSPS) is 12.7. The molecular formula is C31H53N2O2Y-. The van der Waals surface area contributed by atoms with Crippen molar-refractivity contribution in [2.45, 2.75) is 99.8 Å². The van der Waals surface area contributed by atoms with Crippen molar-refractivity contribution in [1.29, 1.82) is 0 Å². The molecule has 0 aromatic heterocycles. The Bertz CT molecular complexity index is 738. The third-order valence-electron chi connectivity index (χ3n) is 5.58. The van der Waals surface area contributed by atoms with E-state index in [-0.39, 0.29) is 44.2 Å². The zero-order valence-electron chi connectivity index (χ0n) is 24.3. The summed E-state index contributed by atoms with van der Waals surface area (Å²) in [5.74, 6) is 0.426. The molecule has 4 nitrogen and oxygen atoms in total. The Labute approximate surface area is 248 Å². The Morgan fingerprint density at radius 3 is 1.86 bits per heavy atom. The fraction of sp³-hybridized carbons (Fsp3) is 0.613. The number of aromatic hydroxyl groups is 2. The summed E-state index contributed by atoms with van der Waals surface area (Å²) in [6.07, 6.45) is 14.7. The van der Waals surface area contributed by atoms with Gasteiger partial charge in [0.25, 0.3) is 0 Å². The van der Waals surface area contributed by atoms with E-state index in [4.69, 9.17) is 0 Å². The second kappa shape index (κ2) is 24.4. The van der Waals surface area contributed by atoms with Crippen LogP contribution in [0.3, 0.4) is 0 Å². The van der Waals surface area contributed by atoms with Crippen LogP contribution in [0.15, 0.2) is 47.1 Å². The summed E-state index contributed by atoms with van der Waals surface area (Å²) in [4.78, 5) is 0. The minimum Gasteiger partial charge on any atom is -0.660 e. The minimum absolute atomic E-state index is 0. The van der Waals surface area contributed by atoms with Crippen LogP contribution in [-0.2, 0) is 45.6 Å². The number of piperazine rings is 1. The molecule has 1 aliphatic rings. The van der Waals surface area contributed by atoms with Crippen molar-refractivity contribution in [3.63, 3.8) is 0 Å². The van der Waals surface area contributed by atoms with Crippen LogP contribution in [0, 0.1) is 0 Å². The molecule has 1 saturated heterocycles. The summed E-state index contributed by atoms with van der Waals surface area (Å²) in [5.41, 5.74) is 5.69. The molecule has 0 spiro atoms. The van der Waals surface area contributed by atoms with Crippen LogP contribution < -0.4 is 5.32 Å². The predicted octanol–water partition coefficient (Wildman–Crippen LogP) is 8.39. The van der Waals surface area contributed by atoms with E-state index < -0.39 is 0 Å². The largest absolute Gasteiger partial charge is 0.660 e. The zero-order valence-corrected chi connectivity index (χ0v) is 27.1. The van der Waals surface area contributed by atoms with Gasteiger partial charge in [0.2, 0.25) is 0 Å². The van der Waals surface area contributed by atoms with Crippen molar-refractivity contribution >= 4 is 0 Å². The molecule has 3 N–H and O–H groups in total. The Hall–Kier alpha value is -0.936. The molecule has 0 bridgehead atoms. The predicted molar refractivity (Wildman–Crippen MR) is 155 cm³/mol. The summed E-state index contributed by atoms with van der Waals surface area (Å²) in [5, 5.41) is 27.7. The molecule has 2 rings (SSSR count). The van der Waals surface area contributed by atoms with Crippen molar-refractivity contribution in [2.75, 3.05) is 26.2 Å². The van der Waals surface area contributed by atoms with Gasteiger partial charge in [0, 0.05) is 38.3 Å². The molecule has 1 aromatic carbocycles. The summed E-state index contributed by atoms with van der Waals surface area (Å²) in [6, 6.07) is 3.61. The maximum atomic E-state index is 10.2. The first-order chi connectivity index (χ1) is 16.7. The first-order valence-corrected chi connectivity index (χ1v) is 13.5. The van der Waals surface area contributed by atoms with Crippen LogP contribution in [0.25, 0.3) is 5.32 Å². The third kappa shape index (κ3) is 21.2. The minimum atomic E-state index is 0. The van der Waals surface area contributed by atoms with Crippen molar-refractivity contribution in [3.05, 3.63) is 63.5 Å². The molecule has 1 radical (unpaired) electrons. The molecule has 0 atom stereocenters. The zero-order chi connectivity index (χ0) is 26.5. The van der Waals surface area contributed by atoms with Gasteiger partial charge in [0.1, 0.15) is 11.5 Å². The van der Waals surface area contributed by atoms with Crippen molar-refractivity contribution in [3.8, 4) is 11.5 Å². The first kappa shape index (κ1) is 37.2. The van der Waals surface area contributed by atoms with Crippen LogP contribution in [0.5, 0.6) is 11.5 Å². The number of hydrogen-bond acceptors (Lipinski definition) is 3. The van der Waals surface area contributed by atoms with Gasteiger partial charge in [-0.25, -0.2) is 0 Å². The molecule has 1 heterocycles. The first-order valence-electron chi connectivity index (χ1n) is 13.5. The Morgan fingerprint density at radius 1 is 0.889 bits per heavy atom. The van der Waals surface area contributed by atoms with Gasteiger partial charge in [0.05, 0.1) is 0 Å². The van der Waals surface area contributed by atoms with Gasteiger partial charge >= 0.3 is 0 Å². The fourth-order valence-electron chi connectivity index (χ4n) is 3.56. The Balaban J connectivity index is 0. The quantitative estimate of drug-likeness (QED) is 0.194. The van der Waals surface area contributed by atoms with Crippen LogP contribution in [0.2, 0.25) is 0 Å². The topological polar surface area (TPSA) is 66.6 Å². The maximum absolute atomic E-state index is 10.2. The summed E-state index contributed by atoms with van der Waals surface area (Å²) in [6.45, 7) is 19.1. The van der Waals surface area contributed by atoms with Gasteiger partial charge in [0.15, 0.2) is 0 Å². The number of benzene rings is 1. The molecule has 36 heavy (non-hydrogen) atoms. The molecule has 5 heteroatoms. The fourth-order valence-corrected chi connectivity index (χ4v) is 3.56. The Morgan fingerprint density at radius 2 is 1.47 bits per heavy atom. The van der Waals surface area contributed by atoms with Gasteiger partial charge in [-0.2, -0.15) is 0 Å². The number of rotatable bonds is 10. The second-order valence-electron chi connectivity index (χ2n) is 9.76. The molecular weight excluding hydrogens is 521 g/mol. The maximum Gasteiger partial charge on any atom is 0.123 e. The smallest absolute Gasteiger partial charge is 0.123 e. The van der Waals surface area contributed by atoms with Gasteiger partial charge < -0.3 is 20.8 Å². The van der Waals surface area contributed by atoms with Crippen LogP contribution in [0.1, 0.15) is 98.1 Å². The molecule has 0 unspecified atom stereocenters. The molecule has 1 aliphatic heterocycles. The van der Waals surface area contributed by atoms with Gasteiger partial charge in [-0.05, 0) is 104 Å². The summed E-state index contributed by atoms with van der Waals surface area (Å²) >= 11 is 0. The molecule has 1 aromatic rings. The van der Waals surface area contributed by atoms with Gasteiger partial charge in [-0.3, -0.25) is 0 Å². The standard InChI is InChI=1S/C21H32O2.C6H12.C4H9N2.Y/c1-5-6-7-11-18-14-20(22)19(21(23)15-18)13-12-17(4)10-8-9-16(2)3;1-4-5-6(2)3;1-2-6-4-3-5-1;/h9,12,14-15,22-23H,5-8,10-11,13H2,1-4H3;5H,4H2,1-3H3;5H,1-4H2;/q;;-1;/b17-12+;;;. The van der Waals surface area contributed by atoms with E-state index in [0.717, 1.165) is 57.4 Å². The van der Waals surface area contributed by atoms with Crippen molar-refractivity contribution < 1.29 is 42.9 Å². The third-order valence-corrected chi connectivity index (χ3v) is 5.58. The monoisotopic (exact) mass is 574 g/mol. The average Bonchev–Trinajstić information content (AvgIpc) is 2.80. The molecule has 0 aliphatic carbocycles. The molecule has 0 amide bonds. The average molecular weight is 575 g/mol. The SMILES string of the molecule is C1CNCC[N-]1.CCC=C(C)C.CCCCCc1cc(O)c(C/C=C(\C)CCC=C(C)C)c(O)c1.[Y]. The van der Waals surface area contributed by atoms with E-state index in [1.165, 1.54) is 36.0 Å². The van der Waals surface area contributed by atoms with Gasteiger partial charge in [-0.15, -0.1) is 13.1 Å². The van der Waals surface area contributed by atoms with Crippen molar-refractivity contribution in [1.82, 2.24) is 5.32 Å². The van der Waals surface area contributed by atoms with E-state index in [9.17, 15) is 10.2 Å². The Kier molecular flexibility index (Phi) is 25.2. The second-order valence-corrected chi connectivity index (χ2v) is 9.76. The number of nitrogens with zero attached hydrogens (tertiary/aromatic N) is 1. The molecule has 0 saturated carbocycles. The number of unbranched alkanes of at least 4 members (excludes halogenated alkanes) is 2. The number of nitrogens with one attached hydrogen (secondary N) is 1. The molecule has 1 fully saturated rings. The van der Waals surface area contributed by atoms with Crippen molar-refractivity contribution in [2.24, 2.45) is 0 Å². The summed E-state index contributed by atoms with van der Waals surface area (Å²) in [7, 11) is 0. The van der Waals surface area contributed by atoms with Crippen LogP contribution in [0.4, 0.5) is 0 Å². The summed E-state index contributed by atoms with van der Waals surface area (Å²) < 4.78 is 0. The number of hydrogen-bond donors (Lipinski definition) is 3. The number of aryl methyl sites for hydroxylation is 1. The number of allylic oxidation sites excluding steroid dienone is 6. The molecule has 203 valence electrons. The van der Waals surface area contributed by atoms with Crippen LogP contribution in [-0.4, -0.2) is 36.4 Å². The van der Waals surface area contributed by atoms with E-state index >= 15 is 0 Å². The number of phenols is 2. The van der Waals surface area contributed by atoms with E-state index in [1.807, 2.05) is 0 Å².